The van der Waals surface area contributed by atoms with Gasteiger partial charge in [-0.3, -0.25) is 9.69 Å². The molecule has 25 heavy (non-hydrogen) atoms. The summed E-state index contributed by atoms with van der Waals surface area (Å²) in [7, 11) is 0. The van der Waals surface area contributed by atoms with Crippen LogP contribution in [0.15, 0.2) is 43.0 Å². The third-order valence-corrected chi connectivity index (χ3v) is 5.50. The Morgan fingerprint density at radius 1 is 1.36 bits per heavy atom. The maximum atomic E-state index is 12.8. The molecule has 1 fully saturated rings. The lowest BCUT2D eigenvalue weighted by Gasteiger charge is -2.25. The van der Waals surface area contributed by atoms with Gasteiger partial charge in [-0.05, 0) is 12.5 Å². The molecule has 0 atom stereocenters. The van der Waals surface area contributed by atoms with Crippen LogP contribution in [0.2, 0.25) is 0 Å². The van der Waals surface area contributed by atoms with E-state index in [0.717, 1.165) is 47.6 Å². The molecule has 0 aliphatic carbocycles. The van der Waals surface area contributed by atoms with Crippen LogP contribution in [0.5, 0.6) is 0 Å². The first-order valence-corrected chi connectivity index (χ1v) is 9.36. The number of anilines is 1. The molecule has 0 unspecified atom stereocenters. The van der Waals surface area contributed by atoms with Crippen molar-refractivity contribution in [3.63, 3.8) is 0 Å². The minimum atomic E-state index is 0.0881. The monoisotopic (exact) mass is 358 g/mol. The lowest BCUT2D eigenvalue weighted by molar-refractivity contribution is -0.900. The van der Waals surface area contributed by atoms with Crippen molar-refractivity contribution in [1.29, 1.82) is 0 Å². The van der Waals surface area contributed by atoms with E-state index in [1.165, 1.54) is 4.90 Å². The number of quaternary nitrogens is 1. The third kappa shape index (κ3) is 4.34. The zero-order valence-corrected chi connectivity index (χ0v) is 15.3. The number of rotatable bonds is 6. The Hall–Kier alpha value is -2.02. The van der Waals surface area contributed by atoms with E-state index >= 15 is 0 Å². The topological polar surface area (TPSA) is 46.9 Å². The molecule has 2 aromatic rings. The molecule has 0 saturated carbocycles. The highest BCUT2D eigenvalue weighted by molar-refractivity contribution is 7.19. The molecule has 1 amide bonds. The van der Waals surface area contributed by atoms with Crippen molar-refractivity contribution >= 4 is 22.4 Å². The highest BCUT2D eigenvalue weighted by Crippen LogP contribution is 2.34. The van der Waals surface area contributed by atoms with Crippen LogP contribution in [0.3, 0.4) is 0 Å². The maximum Gasteiger partial charge on any atom is 0.284 e. The number of hydrogen-bond donors (Lipinski definition) is 1. The van der Waals surface area contributed by atoms with Gasteiger partial charge in [-0.1, -0.05) is 47.7 Å². The summed E-state index contributed by atoms with van der Waals surface area (Å²) in [5.74, 6) is 0.0881. The zero-order chi connectivity index (χ0) is 17.6. The average molecular weight is 358 g/mol. The molecule has 1 aliphatic heterocycles. The summed E-state index contributed by atoms with van der Waals surface area (Å²) in [6, 6.07) is 10.2. The molecule has 2 heterocycles. The van der Waals surface area contributed by atoms with Crippen LogP contribution in [0, 0.1) is 6.92 Å². The van der Waals surface area contributed by atoms with Gasteiger partial charge >= 0.3 is 0 Å². The van der Waals surface area contributed by atoms with Gasteiger partial charge in [0.1, 0.15) is 13.1 Å². The SMILES string of the molecule is C=CCN(C(=O)C[NH+]1CCOCC1)c1nc(C)c(-c2ccccc2)s1. The molecule has 1 saturated heterocycles. The molecule has 1 aliphatic rings. The fraction of sp³-hybridized carbons (Fsp3) is 0.368. The number of carbonyl (C=O) groups excluding carboxylic acids is 1. The minimum Gasteiger partial charge on any atom is -0.370 e. The van der Waals surface area contributed by atoms with Crippen molar-refractivity contribution in [2.75, 3.05) is 44.3 Å². The predicted octanol–water partition coefficient (Wildman–Crippen LogP) is 1.55. The van der Waals surface area contributed by atoms with Gasteiger partial charge in [0.05, 0.1) is 23.8 Å². The van der Waals surface area contributed by atoms with E-state index in [1.807, 2.05) is 25.1 Å². The van der Waals surface area contributed by atoms with Gasteiger partial charge in [-0.15, -0.1) is 6.58 Å². The van der Waals surface area contributed by atoms with E-state index in [2.05, 4.69) is 23.7 Å². The molecule has 5 nitrogen and oxygen atoms in total. The third-order valence-electron chi connectivity index (χ3n) is 4.27. The average Bonchev–Trinajstić information content (AvgIpc) is 3.02. The van der Waals surface area contributed by atoms with Gasteiger partial charge in [-0.25, -0.2) is 4.98 Å². The molecule has 1 aromatic heterocycles. The molecule has 3 rings (SSSR count). The van der Waals surface area contributed by atoms with Gasteiger partial charge < -0.3 is 9.64 Å². The first-order valence-electron chi connectivity index (χ1n) is 8.54. The maximum absolute atomic E-state index is 12.8. The molecular formula is C19H24N3O2S+. The van der Waals surface area contributed by atoms with Crippen molar-refractivity contribution in [3.8, 4) is 10.4 Å². The normalized spacial score (nSPS) is 15.1. The molecule has 0 radical (unpaired) electrons. The number of amides is 1. The van der Waals surface area contributed by atoms with Crippen LogP contribution in [0.1, 0.15) is 5.69 Å². The number of carbonyl (C=O) groups is 1. The van der Waals surface area contributed by atoms with Gasteiger partial charge in [0.2, 0.25) is 0 Å². The van der Waals surface area contributed by atoms with Crippen LogP contribution < -0.4 is 9.80 Å². The number of aromatic nitrogens is 1. The van der Waals surface area contributed by atoms with E-state index in [1.54, 1.807) is 22.3 Å². The van der Waals surface area contributed by atoms with E-state index < -0.39 is 0 Å². The van der Waals surface area contributed by atoms with E-state index in [-0.39, 0.29) is 5.91 Å². The Kier molecular flexibility index (Phi) is 5.96. The van der Waals surface area contributed by atoms with E-state index in [4.69, 9.17) is 4.74 Å². The van der Waals surface area contributed by atoms with Gasteiger partial charge in [0, 0.05) is 6.54 Å². The fourth-order valence-electron chi connectivity index (χ4n) is 2.92. The molecule has 6 heteroatoms. The Morgan fingerprint density at radius 2 is 2.08 bits per heavy atom. The summed E-state index contributed by atoms with van der Waals surface area (Å²) in [5.41, 5.74) is 2.08. The van der Waals surface area contributed by atoms with Crippen molar-refractivity contribution in [2.45, 2.75) is 6.92 Å². The predicted molar refractivity (Wildman–Crippen MR) is 101 cm³/mol. The number of aryl methyl sites for hydroxylation is 1. The molecule has 1 N–H and O–H groups in total. The molecule has 0 bridgehead atoms. The Morgan fingerprint density at radius 3 is 2.76 bits per heavy atom. The zero-order valence-electron chi connectivity index (χ0n) is 14.5. The van der Waals surface area contributed by atoms with Crippen molar-refractivity contribution in [2.24, 2.45) is 0 Å². The first-order chi connectivity index (χ1) is 12.2. The lowest BCUT2D eigenvalue weighted by atomic mass is 10.2. The molecule has 0 spiro atoms. The summed E-state index contributed by atoms with van der Waals surface area (Å²) in [5, 5.41) is 0.744. The second-order valence-electron chi connectivity index (χ2n) is 6.11. The minimum absolute atomic E-state index is 0.0881. The lowest BCUT2D eigenvalue weighted by Crippen LogP contribution is -3.15. The van der Waals surface area contributed by atoms with Gasteiger partial charge in [-0.2, -0.15) is 0 Å². The smallest absolute Gasteiger partial charge is 0.284 e. The number of nitrogens with zero attached hydrogens (tertiary/aromatic N) is 2. The van der Waals surface area contributed by atoms with E-state index in [9.17, 15) is 4.79 Å². The summed E-state index contributed by atoms with van der Waals surface area (Å²) in [6.07, 6.45) is 1.76. The van der Waals surface area contributed by atoms with Crippen LogP contribution in [0.4, 0.5) is 5.13 Å². The molecular weight excluding hydrogens is 334 g/mol. The summed E-state index contributed by atoms with van der Waals surface area (Å²) in [4.78, 5) is 21.6. The van der Waals surface area contributed by atoms with Crippen molar-refractivity contribution in [3.05, 3.63) is 48.7 Å². The first kappa shape index (κ1) is 17.8. The van der Waals surface area contributed by atoms with Crippen molar-refractivity contribution in [1.82, 2.24) is 4.98 Å². The van der Waals surface area contributed by atoms with Crippen LogP contribution in [0.25, 0.3) is 10.4 Å². The molecule has 1 aromatic carbocycles. The van der Waals surface area contributed by atoms with Crippen molar-refractivity contribution < 1.29 is 14.4 Å². The van der Waals surface area contributed by atoms with Crippen LogP contribution in [-0.4, -0.2) is 50.3 Å². The number of hydrogen-bond acceptors (Lipinski definition) is 4. The summed E-state index contributed by atoms with van der Waals surface area (Å²) in [6.45, 7) is 9.93. The fourth-order valence-corrected chi connectivity index (χ4v) is 4.02. The van der Waals surface area contributed by atoms with Gasteiger partial charge in [0.25, 0.3) is 5.91 Å². The highest BCUT2D eigenvalue weighted by atomic mass is 32.1. The summed E-state index contributed by atoms with van der Waals surface area (Å²) < 4.78 is 5.37. The standard InChI is InChI=1S/C19H23N3O2S/c1-3-9-22(17(23)14-21-10-12-24-13-11-21)19-20-15(2)18(25-19)16-7-5-4-6-8-16/h3-8H,1,9-14H2,2H3/p+1. The van der Waals surface area contributed by atoms with Gasteiger partial charge in [0.15, 0.2) is 11.7 Å². The van der Waals surface area contributed by atoms with Crippen LogP contribution in [-0.2, 0) is 9.53 Å². The van der Waals surface area contributed by atoms with Crippen LogP contribution >= 0.6 is 11.3 Å². The summed E-state index contributed by atoms with van der Waals surface area (Å²) >= 11 is 1.56. The Bertz CT molecular complexity index is 724. The number of ether oxygens (including phenoxy) is 1. The second-order valence-corrected chi connectivity index (χ2v) is 7.09. The molecule has 132 valence electrons. The Labute approximate surface area is 152 Å². The Balaban J connectivity index is 1.80. The number of morpholine rings is 1. The largest absolute Gasteiger partial charge is 0.370 e. The quantitative estimate of drug-likeness (QED) is 0.797. The number of benzene rings is 1. The number of nitrogens with one attached hydrogen (secondary N) is 1. The second kappa shape index (κ2) is 8.38. The number of thiazole rings is 1. The highest BCUT2D eigenvalue weighted by Gasteiger charge is 2.25. The van der Waals surface area contributed by atoms with E-state index in [0.29, 0.717) is 13.1 Å².